The molecule has 1 aromatic carbocycles. The lowest BCUT2D eigenvalue weighted by Gasteiger charge is -2.29. The lowest BCUT2D eigenvalue weighted by Crippen LogP contribution is -2.17. The van der Waals surface area contributed by atoms with E-state index >= 15 is 0 Å². The SMILES string of the molecule is CCCCOC(=O)c1ccccc1C1CCC(CC/C=C/C=C(F)C#N)CC1. The summed E-state index contributed by atoms with van der Waals surface area (Å²) in [5.41, 5.74) is 1.84. The van der Waals surface area contributed by atoms with Gasteiger partial charge in [-0.2, -0.15) is 9.65 Å². The minimum Gasteiger partial charge on any atom is -0.462 e. The third kappa shape index (κ3) is 6.96. The van der Waals surface area contributed by atoms with Crippen LogP contribution in [0.2, 0.25) is 0 Å². The predicted octanol–water partition coefficient (Wildman–Crippen LogP) is 6.63. The molecule has 0 aliphatic heterocycles. The first-order valence-corrected chi connectivity index (χ1v) is 10.3. The summed E-state index contributed by atoms with van der Waals surface area (Å²) in [4.78, 5) is 12.4. The van der Waals surface area contributed by atoms with Gasteiger partial charge in [0, 0.05) is 0 Å². The lowest BCUT2D eigenvalue weighted by molar-refractivity contribution is 0.0497. The number of carbonyl (C=O) groups excluding carboxylic acids is 1. The highest BCUT2D eigenvalue weighted by atomic mass is 19.1. The molecule has 0 saturated heterocycles. The second-order valence-corrected chi connectivity index (χ2v) is 7.43. The molecule has 0 spiro atoms. The van der Waals surface area contributed by atoms with Gasteiger partial charge in [0.1, 0.15) is 6.07 Å². The van der Waals surface area contributed by atoms with Crippen LogP contribution in [0.25, 0.3) is 0 Å². The maximum Gasteiger partial charge on any atom is 0.338 e. The third-order valence-electron chi connectivity index (χ3n) is 5.43. The van der Waals surface area contributed by atoms with Crippen molar-refractivity contribution >= 4 is 5.97 Å². The van der Waals surface area contributed by atoms with Crippen LogP contribution in [0.1, 0.15) is 80.1 Å². The van der Waals surface area contributed by atoms with Crippen LogP contribution < -0.4 is 0 Å². The van der Waals surface area contributed by atoms with E-state index in [-0.39, 0.29) is 5.97 Å². The standard InChI is InChI=1S/C24H30FNO2/c1-2-3-17-28-24(27)23-12-8-7-11-22(23)20-15-13-19(14-16-20)9-5-4-6-10-21(25)18-26/h4,6-8,10-12,19-20H,2-3,5,9,13-17H2,1H3/b6-4+,21-10?. The van der Waals surface area contributed by atoms with Gasteiger partial charge in [-0.15, -0.1) is 0 Å². The smallest absolute Gasteiger partial charge is 0.338 e. The molecule has 28 heavy (non-hydrogen) atoms. The highest BCUT2D eigenvalue weighted by Gasteiger charge is 2.25. The molecule has 0 aromatic heterocycles. The molecule has 4 heteroatoms. The molecule has 3 nitrogen and oxygen atoms in total. The van der Waals surface area contributed by atoms with Crippen molar-refractivity contribution < 1.29 is 13.9 Å². The number of hydrogen-bond donors (Lipinski definition) is 0. The fourth-order valence-electron chi connectivity index (χ4n) is 3.81. The first-order chi connectivity index (χ1) is 13.7. The fourth-order valence-corrected chi connectivity index (χ4v) is 3.81. The van der Waals surface area contributed by atoms with E-state index < -0.39 is 5.83 Å². The van der Waals surface area contributed by atoms with Crippen LogP contribution >= 0.6 is 0 Å². The van der Waals surface area contributed by atoms with Crippen LogP contribution in [0.4, 0.5) is 4.39 Å². The monoisotopic (exact) mass is 383 g/mol. The molecule has 1 aliphatic carbocycles. The van der Waals surface area contributed by atoms with Crippen molar-refractivity contribution in [1.29, 1.82) is 5.26 Å². The number of nitrogens with zero attached hydrogens (tertiary/aromatic N) is 1. The Bertz CT molecular complexity index is 724. The zero-order chi connectivity index (χ0) is 20.2. The summed E-state index contributed by atoms with van der Waals surface area (Å²) in [5.74, 6) is 0.112. The van der Waals surface area contributed by atoms with E-state index in [4.69, 9.17) is 10.00 Å². The molecule has 0 heterocycles. The van der Waals surface area contributed by atoms with Crippen LogP contribution in [0, 0.1) is 17.2 Å². The summed E-state index contributed by atoms with van der Waals surface area (Å²) in [7, 11) is 0. The number of esters is 1. The van der Waals surface area contributed by atoms with Crippen molar-refractivity contribution in [3.63, 3.8) is 0 Å². The quantitative estimate of drug-likeness (QED) is 0.208. The molecule has 0 bridgehead atoms. The van der Waals surface area contributed by atoms with E-state index in [2.05, 4.69) is 13.0 Å². The van der Waals surface area contributed by atoms with Gasteiger partial charge in [-0.3, -0.25) is 0 Å². The second kappa shape index (κ2) is 12.1. The first kappa shape index (κ1) is 21.9. The molecule has 0 N–H and O–H groups in total. The van der Waals surface area contributed by atoms with Crippen LogP contribution in [-0.2, 0) is 4.74 Å². The molecular weight excluding hydrogens is 353 g/mol. The number of carbonyl (C=O) groups is 1. The van der Waals surface area contributed by atoms with E-state index in [1.807, 2.05) is 24.3 Å². The Kier molecular flexibility index (Phi) is 9.48. The second-order valence-electron chi connectivity index (χ2n) is 7.43. The van der Waals surface area contributed by atoms with Crippen molar-refractivity contribution in [1.82, 2.24) is 0 Å². The molecule has 1 aromatic rings. The van der Waals surface area contributed by atoms with Crippen LogP contribution in [-0.4, -0.2) is 12.6 Å². The van der Waals surface area contributed by atoms with Gasteiger partial charge in [0.05, 0.1) is 12.2 Å². The number of benzene rings is 1. The average Bonchev–Trinajstić information content (AvgIpc) is 2.74. The van der Waals surface area contributed by atoms with Crippen molar-refractivity contribution in [3.8, 4) is 6.07 Å². The minimum absolute atomic E-state index is 0.200. The summed E-state index contributed by atoms with van der Waals surface area (Å²) in [6, 6.07) is 9.32. The van der Waals surface area contributed by atoms with Gasteiger partial charge >= 0.3 is 5.97 Å². The fraction of sp³-hybridized carbons (Fsp3) is 0.500. The van der Waals surface area contributed by atoms with Crippen molar-refractivity contribution in [2.75, 3.05) is 6.61 Å². The van der Waals surface area contributed by atoms with Crippen LogP contribution in [0.5, 0.6) is 0 Å². The van der Waals surface area contributed by atoms with Crippen LogP contribution in [0.3, 0.4) is 0 Å². The van der Waals surface area contributed by atoms with E-state index in [0.717, 1.165) is 62.5 Å². The normalized spacial score (nSPS) is 20.1. The van der Waals surface area contributed by atoms with Gasteiger partial charge in [0.25, 0.3) is 0 Å². The van der Waals surface area contributed by atoms with Gasteiger partial charge in [0.2, 0.25) is 0 Å². The molecule has 1 saturated carbocycles. The Morgan fingerprint density at radius 1 is 1.29 bits per heavy atom. The molecule has 0 amide bonds. The Morgan fingerprint density at radius 2 is 2.04 bits per heavy atom. The van der Waals surface area contributed by atoms with E-state index in [0.29, 0.717) is 18.4 Å². The number of unbranched alkanes of at least 4 members (excludes halogenated alkanes) is 1. The zero-order valence-corrected chi connectivity index (χ0v) is 16.7. The number of ether oxygens (including phenoxy) is 1. The average molecular weight is 384 g/mol. The van der Waals surface area contributed by atoms with E-state index in [9.17, 15) is 9.18 Å². The molecular formula is C24H30FNO2. The molecule has 150 valence electrons. The van der Waals surface area contributed by atoms with Crippen molar-refractivity contribution in [3.05, 3.63) is 59.4 Å². The first-order valence-electron chi connectivity index (χ1n) is 10.3. The highest BCUT2D eigenvalue weighted by molar-refractivity contribution is 5.91. The summed E-state index contributed by atoms with van der Waals surface area (Å²) in [6.45, 7) is 2.56. The zero-order valence-electron chi connectivity index (χ0n) is 16.7. The van der Waals surface area contributed by atoms with Gasteiger partial charge in [-0.1, -0.05) is 43.7 Å². The number of rotatable bonds is 9. The van der Waals surface area contributed by atoms with Crippen LogP contribution in [0.15, 0.2) is 48.3 Å². The Hall–Kier alpha value is -2.41. The van der Waals surface area contributed by atoms with Crippen molar-refractivity contribution in [2.45, 2.75) is 64.2 Å². The highest BCUT2D eigenvalue weighted by Crippen LogP contribution is 2.38. The number of hydrogen-bond acceptors (Lipinski definition) is 3. The molecule has 1 aliphatic rings. The number of halogens is 1. The summed E-state index contributed by atoms with van der Waals surface area (Å²) >= 11 is 0. The van der Waals surface area contributed by atoms with Gasteiger partial charge < -0.3 is 4.74 Å². The lowest BCUT2D eigenvalue weighted by atomic mass is 9.76. The summed E-state index contributed by atoms with van der Waals surface area (Å²) in [6.07, 6.45) is 13.1. The number of nitriles is 1. The number of allylic oxidation sites excluding steroid dienone is 4. The summed E-state index contributed by atoms with van der Waals surface area (Å²) < 4.78 is 18.1. The van der Waals surface area contributed by atoms with Crippen molar-refractivity contribution in [2.24, 2.45) is 5.92 Å². The van der Waals surface area contributed by atoms with Gasteiger partial charge in [-0.05, 0) is 74.5 Å². The predicted molar refractivity (Wildman–Crippen MR) is 110 cm³/mol. The molecule has 0 radical (unpaired) electrons. The summed E-state index contributed by atoms with van der Waals surface area (Å²) in [5, 5.41) is 8.37. The maximum atomic E-state index is 12.7. The molecule has 0 unspecified atom stereocenters. The van der Waals surface area contributed by atoms with E-state index in [1.165, 1.54) is 12.1 Å². The molecule has 1 fully saturated rings. The minimum atomic E-state index is -0.761. The van der Waals surface area contributed by atoms with Gasteiger partial charge in [-0.25, -0.2) is 4.79 Å². The molecule has 2 rings (SSSR count). The Labute approximate surface area is 167 Å². The molecule has 0 atom stereocenters. The Balaban J connectivity index is 1.85. The van der Waals surface area contributed by atoms with Gasteiger partial charge in [0.15, 0.2) is 5.83 Å². The largest absolute Gasteiger partial charge is 0.462 e. The Morgan fingerprint density at radius 3 is 2.75 bits per heavy atom. The maximum absolute atomic E-state index is 12.7. The third-order valence-corrected chi connectivity index (χ3v) is 5.43. The van der Waals surface area contributed by atoms with E-state index in [1.54, 1.807) is 6.08 Å². The topological polar surface area (TPSA) is 50.1 Å².